The van der Waals surface area contributed by atoms with Gasteiger partial charge in [0.1, 0.15) is 12.4 Å². The molecule has 0 saturated heterocycles. The molecule has 0 amide bonds. The number of methoxy groups -OCH3 is 1. The number of benzene rings is 1. The molecule has 1 aromatic heterocycles. The third-order valence-corrected chi connectivity index (χ3v) is 3.81. The van der Waals surface area contributed by atoms with Gasteiger partial charge < -0.3 is 9.47 Å². The van der Waals surface area contributed by atoms with E-state index >= 15 is 0 Å². The highest BCUT2D eigenvalue weighted by molar-refractivity contribution is 7.99. The molecule has 2 aromatic rings. The molecule has 6 nitrogen and oxygen atoms in total. The first-order valence-corrected chi connectivity index (χ1v) is 7.44. The number of halogens is 1. The summed E-state index contributed by atoms with van der Waals surface area (Å²) in [7, 11) is 1.34. The van der Waals surface area contributed by atoms with E-state index in [2.05, 4.69) is 19.9 Å². The number of carbonyl (C=O) groups excluding carboxylic acids is 1. The van der Waals surface area contributed by atoms with Crippen LogP contribution in [0.15, 0.2) is 23.4 Å². The molecule has 112 valence electrons. The van der Waals surface area contributed by atoms with Crippen LogP contribution in [0, 0.1) is 6.92 Å². The number of nitrogens with one attached hydrogen (secondary N) is 1. The molecule has 0 saturated carbocycles. The maximum absolute atomic E-state index is 11.0. The van der Waals surface area contributed by atoms with Crippen molar-refractivity contribution < 1.29 is 14.3 Å². The van der Waals surface area contributed by atoms with E-state index in [1.165, 1.54) is 18.9 Å². The van der Waals surface area contributed by atoms with E-state index in [4.69, 9.17) is 16.3 Å². The van der Waals surface area contributed by atoms with Crippen LogP contribution >= 0.6 is 23.4 Å². The van der Waals surface area contributed by atoms with Crippen LogP contribution in [0.1, 0.15) is 11.4 Å². The molecular weight excluding hydrogens is 314 g/mol. The van der Waals surface area contributed by atoms with E-state index in [1.807, 2.05) is 13.0 Å². The van der Waals surface area contributed by atoms with E-state index in [0.29, 0.717) is 21.8 Å². The number of carbonyl (C=O) groups is 1. The molecule has 8 heteroatoms. The molecule has 0 fully saturated rings. The lowest BCUT2D eigenvalue weighted by atomic mass is 10.2. The predicted octanol–water partition coefficient (Wildman–Crippen LogP) is 2.61. The molecule has 1 aromatic carbocycles. The molecule has 1 heterocycles. The minimum atomic E-state index is -0.320. The lowest BCUT2D eigenvalue weighted by Crippen LogP contribution is -2.03. The summed E-state index contributed by atoms with van der Waals surface area (Å²) in [6.07, 6.45) is 0. The van der Waals surface area contributed by atoms with Gasteiger partial charge in [0, 0.05) is 5.02 Å². The van der Waals surface area contributed by atoms with Crippen LogP contribution in [0.2, 0.25) is 5.02 Å². The van der Waals surface area contributed by atoms with Gasteiger partial charge in [-0.05, 0) is 30.7 Å². The number of ether oxygens (including phenoxy) is 2. The Balaban J connectivity index is 1.87. The number of hydrogen-bond donors (Lipinski definition) is 1. The molecular formula is C13H14ClN3O3S. The van der Waals surface area contributed by atoms with Gasteiger partial charge in [-0.25, -0.2) is 4.98 Å². The van der Waals surface area contributed by atoms with Gasteiger partial charge in [0.05, 0.1) is 12.9 Å². The Kier molecular flexibility index (Phi) is 5.46. The average molecular weight is 328 g/mol. The van der Waals surface area contributed by atoms with E-state index < -0.39 is 0 Å². The highest BCUT2D eigenvalue weighted by Crippen LogP contribution is 2.21. The fourth-order valence-corrected chi connectivity index (χ4v) is 2.22. The van der Waals surface area contributed by atoms with Crippen LogP contribution in [0.3, 0.4) is 0 Å². The molecule has 0 atom stereocenters. The van der Waals surface area contributed by atoms with Crippen molar-refractivity contribution in [2.75, 3.05) is 12.9 Å². The molecule has 21 heavy (non-hydrogen) atoms. The summed E-state index contributed by atoms with van der Waals surface area (Å²) in [5.41, 5.74) is 0.945. The van der Waals surface area contributed by atoms with Crippen LogP contribution < -0.4 is 4.74 Å². The topological polar surface area (TPSA) is 77.1 Å². The van der Waals surface area contributed by atoms with Crippen molar-refractivity contribution in [3.63, 3.8) is 0 Å². The first-order valence-electron chi connectivity index (χ1n) is 6.08. The fraction of sp³-hybridized carbons (Fsp3) is 0.308. The average Bonchev–Trinajstić information content (AvgIpc) is 2.94. The molecule has 1 N–H and O–H groups in total. The standard InChI is InChI=1S/C13H14ClN3O3S/c1-8-5-9(3-4-10(8)14)20-6-11-15-13(17-16-11)21-7-12(18)19-2/h3-5H,6-7H2,1-2H3,(H,15,16,17). The Morgan fingerprint density at radius 3 is 3.00 bits per heavy atom. The monoisotopic (exact) mass is 327 g/mol. The molecule has 0 spiro atoms. The Morgan fingerprint density at radius 2 is 2.29 bits per heavy atom. The normalized spacial score (nSPS) is 10.4. The van der Waals surface area contributed by atoms with Gasteiger partial charge in [-0.1, -0.05) is 23.4 Å². The zero-order valence-electron chi connectivity index (χ0n) is 11.6. The number of aromatic amines is 1. The van der Waals surface area contributed by atoms with Crippen molar-refractivity contribution >= 4 is 29.3 Å². The van der Waals surface area contributed by atoms with Crippen molar-refractivity contribution in [3.05, 3.63) is 34.6 Å². The van der Waals surface area contributed by atoms with Crippen molar-refractivity contribution in [3.8, 4) is 5.75 Å². The Hall–Kier alpha value is -1.73. The second-order valence-corrected chi connectivity index (χ2v) is 5.48. The van der Waals surface area contributed by atoms with Gasteiger partial charge in [0.25, 0.3) is 0 Å². The summed E-state index contributed by atoms with van der Waals surface area (Å²) in [5, 5.41) is 7.92. The highest BCUT2D eigenvalue weighted by atomic mass is 35.5. The van der Waals surface area contributed by atoms with Crippen LogP contribution in [0.4, 0.5) is 0 Å². The lowest BCUT2D eigenvalue weighted by Gasteiger charge is -2.05. The van der Waals surface area contributed by atoms with Gasteiger partial charge >= 0.3 is 5.97 Å². The number of thioether (sulfide) groups is 1. The summed E-state index contributed by atoms with van der Waals surface area (Å²) in [6, 6.07) is 5.43. The number of esters is 1. The highest BCUT2D eigenvalue weighted by Gasteiger charge is 2.08. The molecule has 0 aliphatic heterocycles. The largest absolute Gasteiger partial charge is 0.486 e. The van der Waals surface area contributed by atoms with Crippen LogP contribution in [-0.2, 0) is 16.1 Å². The van der Waals surface area contributed by atoms with Crippen LogP contribution in [0.5, 0.6) is 5.75 Å². The first kappa shape index (κ1) is 15.7. The molecule has 0 bridgehead atoms. The van der Waals surface area contributed by atoms with Crippen molar-refractivity contribution in [2.24, 2.45) is 0 Å². The van der Waals surface area contributed by atoms with Crippen molar-refractivity contribution in [2.45, 2.75) is 18.7 Å². The van der Waals surface area contributed by atoms with Gasteiger partial charge in [-0.3, -0.25) is 9.89 Å². The third-order valence-electron chi connectivity index (χ3n) is 2.56. The summed E-state index contributed by atoms with van der Waals surface area (Å²) >= 11 is 7.15. The van der Waals surface area contributed by atoms with E-state index in [1.54, 1.807) is 12.1 Å². The summed E-state index contributed by atoms with van der Waals surface area (Å²) in [6.45, 7) is 2.16. The van der Waals surface area contributed by atoms with E-state index in [0.717, 1.165) is 5.56 Å². The smallest absolute Gasteiger partial charge is 0.316 e. The van der Waals surface area contributed by atoms with Gasteiger partial charge in [0.15, 0.2) is 5.82 Å². The van der Waals surface area contributed by atoms with Gasteiger partial charge in [0.2, 0.25) is 5.16 Å². The molecule has 0 aliphatic rings. The maximum atomic E-state index is 11.0. The number of rotatable bonds is 6. The number of hydrogen-bond acceptors (Lipinski definition) is 6. The summed E-state index contributed by atoms with van der Waals surface area (Å²) < 4.78 is 10.1. The van der Waals surface area contributed by atoms with E-state index in [9.17, 15) is 4.79 Å². The molecule has 0 aliphatic carbocycles. The second-order valence-electron chi connectivity index (χ2n) is 4.13. The predicted molar refractivity (Wildman–Crippen MR) is 79.6 cm³/mol. The number of H-pyrrole nitrogens is 1. The first-order chi connectivity index (χ1) is 10.1. The van der Waals surface area contributed by atoms with E-state index in [-0.39, 0.29) is 18.3 Å². The summed E-state index contributed by atoms with van der Waals surface area (Å²) in [5.74, 6) is 1.14. The summed E-state index contributed by atoms with van der Waals surface area (Å²) in [4.78, 5) is 15.2. The Morgan fingerprint density at radius 1 is 1.48 bits per heavy atom. The van der Waals surface area contributed by atoms with Crippen molar-refractivity contribution in [1.29, 1.82) is 0 Å². The number of aryl methyl sites for hydroxylation is 1. The molecule has 0 unspecified atom stereocenters. The number of aromatic nitrogens is 3. The lowest BCUT2D eigenvalue weighted by molar-refractivity contribution is -0.137. The minimum absolute atomic E-state index is 0.172. The fourth-order valence-electron chi connectivity index (χ4n) is 1.45. The van der Waals surface area contributed by atoms with Crippen LogP contribution in [-0.4, -0.2) is 34.0 Å². The zero-order valence-corrected chi connectivity index (χ0v) is 13.1. The quantitative estimate of drug-likeness (QED) is 0.649. The SMILES string of the molecule is COC(=O)CSc1n[nH]c(COc2ccc(Cl)c(C)c2)n1. The van der Waals surface area contributed by atoms with Gasteiger partial charge in [-0.2, -0.15) is 0 Å². The minimum Gasteiger partial charge on any atom is -0.486 e. The Bertz CT molecular complexity index is 633. The van der Waals surface area contributed by atoms with Gasteiger partial charge in [-0.15, -0.1) is 5.10 Å². The second kappa shape index (κ2) is 7.33. The zero-order chi connectivity index (χ0) is 15.2. The number of nitrogens with zero attached hydrogens (tertiary/aromatic N) is 2. The molecule has 0 radical (unpaired) electrons. The molecule has 2 rings (SSSR count). The maximum Gasteiger partial charge on any atom is 0.316 e. The van der Waals surface area contributed by atoms with Crippen molar-refractivity contribution in [1.82, 2.24) is 15.2 Å². The Labute approximate surface area is 131 Å². The van der Waals surface area contributed by atoms with Crippen LogP contribution in [0.25, 0.3) is 0 Å². The third kappa shape index (κ3) is 4.64.